The average Bonchev–Trinajstić information content (AvgIpc) is 2.55. The van der Waals surface area contributed by atoms with Gasteiger partial charge in [-0.1, -0.05) is 35.3 Å². The summed E-state index contributed by atoms with van der Waals surface area (Å²) in [5.41, 5.74) is 0.412. The molecule has 1 unspecified atom stereocenters. The number of sulfonamides is 1. The van der Waals surface area contributed by atoms with Crippen molar-refractivity contribution < 1.29 is 13.3 Å². The summed E-state index contributed by atoms with van der Waals surface area (Å²) in [4.78, 5) is 10.4. The van der Waals surface area contributed by atoms with Gasteiger partial charge < -0.3 is 0 Å². The number of hydrogen-bond donors (Lipinski definition) is 0. The number of rotatable bonds is 5. The first-order chi connectivity index (χ1) is 11.1. The van der Waals surface area contributed by atoms with Gasteiger partial charge in [0.2, 0.25) is 10.0 Å². The molecule has 1 atom stereocenters. The first-order valence-electron chi connectivity index (χ1n) is 6.82. The smallest absolute Gasteiger partial charge is 0.258 e. The zero-order chi connectivity index (χ0) is 18.1. The summed E-state index contributed by atoms with van der Waals surface area (Å²) in [6.07, 6.45) is 0. The van der Waals surface area contributed by atoms with Crippen LogP contribution in [0.3, 0.4) is 0 Å². The molecule has 0 saturated heterocycles. The standard InChI is InChI=1S/C15H14Cl2N2O4S/c1-10(11-4-3-5-12(8-11)19(20)21)18(2)24(22,23)13-6-7-14(16)15(17)9-13/h3-10H,1-2H3. The van der Waals surface area contributed by atoms with Crippen molar-refractivity contribution in [2.24, 2.45) is 0 Å². The molecule has 0 aliphatic carbocycles. The molecule has 0 spiro atoms. The zero-order valence-corrected chi connectivity index (χ0v) is 15.1. The lowest BCUT2D eigenvalue weighted by molar-refractivity contribution is -0.384. The van der Waals surface area contributed by atoms with Crippen LogP contribution in [-0.2, 0) is 10.0 Å². The van der Waals surface area contributed by atoms with Crippen molar-refractivity contribution in [1.82, 2.24) is 4.31 Å². The number of hydrogen-bond acceptors (Lipinski definition) is 4. The van der Waals surface area contributed by atoms with E-state index in [-0.39, 0.29) is 20.6 Å². The summed E-state index contributed by atoms with van der Waals surface area (Å²) in [5, 5.41) is 11.3. The Balaban J connectivity index is 2.38. The fraction of sp³-hybridized carbons (Fsp3) is 0.200. The van der Waals surface area contributed by atoms with Crippen molar-refractivity contribution in [3.8, 4) is 0 Å². The first-order valence-corrected chi connectivity index (χ1v) is 9.01. The van der Waals surface area contributed by atoms with Crippen molar-refractivity contribution in [3.63, 3.8) is 0 Å². The molecule has 0 aliphatic heterocycles. The lowest BCUT2D eigenvalue weighted by Gasteiger charge is -2.24. The molecule has 0 aliphatic rings. The summed E-state index contributed by atoms with van der Waals surface area (Å²) < 4.78 is 26.6. The van der Waals surface area contributed by atoms with Crippen LogP contribution in [0.25, 0.3) is 0 Å². The Labute approximate surface area is 149 Å². The molecule has 24 heavy (non-hydrogen) atoms. The van der Waals surface area contributed by atoms with Gasteiger partial charge in [0.1, 0.15) is 0 Å². The van der Waals surface area contributed by atoms with Crippen LogP contribution in [0.2, 0.25) is 10.0 Å². The summed E-state index contributed by atoms with van der Waals surface area (Å²) in [6, 6.07) is 9.29. The molecule has 0 saturated carbocycles. The Bertz CT molecular complexity index is 887. The minimum absolute atomic E-state index is 0.00307. The van der Waals surface area contributed by atoms with Gasteiger partial charge in [-0.15, -0.1) is 0 Å². The molecule has 0 fully saturated rings. The van der Waals surface area contributed by atoms with E-state index >= 15 is 0 Å². The van der Waals surface area contributed by atoms with E-state index in [1.54, 1.807) is 13.0 Å². The molecule has 0 N–H and O–H groups in total. The summed E-state index contributed by atoms with van der Waals surface area (Å²) in [5.74, 6) is 0. The fourth-order valence-electron chi connectivity index (χ4n) is 2.12. The van der Waals surface area contributed by atoms with Gasteiger partial charge in [-0.2, -0.15) is 4.31 Å². The number of nitro groups is 1. The Hall–Kier alpha value is -1.67. The number of halogens is 2. The van der Waals surface area contributed by atoms with Gasteiger partial charge >= 0.3 is 0 Å². The molecular weight excluding hydrogens is 375 g/mol. The predicted octanol–water partition coefficient (Wildman–Crippen LogP) is 4.28. The Kier molecular flexibility index (Phi) is 5.49. The lowest BCUT2D eigenvalue weighted by atomic mass is 10.1. The molecule has 128 valence electrons. The van der Waals surface area contributed by atoms with Gasteiger partial charge in [0, 0.05) is 25.2 Å². The van der Waals surface area contributed by atoms with Crippen LogP contribution >= 0.6 is 23.2 Å². The maximum atomic E-state index is 12.7. The van der Waals surface area contributed by atoms with E-state index in [4.69, 9.17) is 23.2 Å². The monoisotopic (exact) mass is 388 g/mol. The van der Waals surface area contributed by atoms with Gasteiger partial charge in [-0.05, 0) is 30.7 Å². The summed E-state index contributed by atoms with van der Waals surface area (Å²) in [6.45, 7) is 1.65. The predicted molar refractivity (Wildman–Crippen MR) is 92.9 cm³/mol. The molecule has 0 amide bonds. The molecular formula is C15H14Cl2N2O4S. The highest BCUT2D eigenvalue weighted by atomic mass is 35.5. The molecule has 6 nitrogen and oxygen atoms in total. The van der Waals surface area contributed by atoms with Gasteiger partial charge in [-0.25, -0.2) is 8.42 Å². The largest absolute Gasteiger partial charge is 0.269 e. The van der Waals surface area contributed by atoms with Crippen LogP contribution in [0.1, 0.15) is 18.5 Å². The molecule has 2 aromatic rings. The van der Waals surface area contributed by atoms with Crippen LogP contribution in [0.15, 0.2) is 47.4 Å². The SMILES string of the molecule is CC(c1cccc([N+](=O)[O-])c1)N(C)S(=O)(=O)c1ccc(Cl)c(Cl)c1. The van der Waals surface area contributed by atoms with Gasteiger partial charge in [0.15, 0.2) is 0 Å². The minimum Gasteiger partial charge on any atom is -0.258 e. The van der Waals surface area contributed by atoms with Gasteiger partial charge in [-0.3, -0.25) is 10.1 Å². The second-order valence-corrected chi connectivity index (χ2v) is 7.94. The Morgan fingerprint density at radius 2 is 1.79 bits per heavy atom. The van der Waals surface area contributed by atoms with E-state index in [1.165, 1.54) is 43.4 Å². The van der Waals surface area contributed by atoms with Crippen LogP contribution < -0.4 is 0 Å². The van der Waals surface area contributed by atoms with Crippen molar-refractivity contribution in [2.45, 2.75) is 17.9 Å². The Morgan fingerprint density at radius 1 is 1.12 bits per heavy atom. The highest BCUT2D eigenvalue weighted by molar-refractivity contribution is 7.89. The maximum absolute atomic E-state index is 12.7. The minimum atomic E-state index is -3.84. The maximum Gasteiger partial charge on any atom is 0.269 e. The van der Waals surface area contributed by atoms with E-state index < -0.39 is 21.0 Å². The van der Waals surface area contributed by atoms with Crippen LogP contribution in [0.5, 0.6) is 0 Å². The number of nitro benzene ring substituents is 1. The molecule has 2 aromatic carbocycles. The van der Waals surface area contributed by atoms with E-state index in [1.807, 2.05) is 0 Å². The highest BCUT2D eigenvalue weighted by Crippen LogP contribution is 2.30. The topological polar surface area (TPSA) is 80.5 Å². The van der Waals surface area contributed by atoms with Gasteiger partial charge in [0.05, 0.1) is 19.9 Å². The second kappa shape index (κ2) is 7.06. The summed E-state index contributed by atoms with van der Waals surface area (Å²) in [7, 11) is -2.43. The lowest BCUT2D eigenvalue weighted by Crippen LogP contribution is -2.29. The molecule has 9 heteroatoms. The molecule has 0 bridgehead atoms. The third kappa shape index (κ3) is 3.70. The van der Waals surface area contributed by atoms with E-state index in [9.17, 15) is 18.5 Å². The molecule has 2 rings (SSSR count). The van der Waals surface area contributed by atoms with Crippen LogP contribution in [0, 0.1) is 10.1 Å². The number of nitrogens with zero attached hydrogens (tertiary/aromatic N) is 2. The van der Waals surface area contributed by atoms with Crippen molar-refractivity contribution in [1.29, 1.82) is 0 Å². The van der Waals surface area contributed by atoms with E-state index in [0.29, 0.717) is 5.56 Å². The Morgan fingerprint density at radius 3 is 2.38 bits per heavy atom. The highest BCUT2D eigenvalue weighted by Gasteiger charge is 2.27. The fourth-order valence-corrected chi connectivity index (χ4v) is 3.86. The molecule has 0 radical (unpaired) electrons. The molecule has 0 heterocycles. The normalized spacial score (nSPS) is 13.0. The van der Waals surface area contributed by atoms with E-state index in [0.717, 1.165) is 4.31 Å². The molecule has 0 aromatic heterocycles. The summed E-state index contributed by atoms with van der Waals surface area (Å²) >= 11 is 11.7. The van der Waals surface area contributed by atoms with Crippen molar-refractivity contribution >= 4 is 38.9 Å². The van der Waals surface area contributed by atoms with Crippen molar-refractivity contribution in [3.05, 3.63) is 68.2 Å². The zero-order valence-electron chi connectivity index (χ0n) is 12.8. The van der Waals surface area contributed by atoms with Crippen LogP contribution in [0.4, 0.5) is 5.69 Å². The quantitative estimate of drug-likeness (QED) is 0.565. The number of non-ortho nitro benzene ring substituents is 1. The van der Waals surface area contributed by atoms with Crippen LogP contribution in [-0.4, -0.2) is 24.7 Å². The number of benzene rings is 2. The second-order valence-electron chi connectivity index (χ2n) is 5.13. The van der Waals surface area contributed by atoms with Gasteiger partial charge in [0.25, 0.3) is 5.69 Å². The average molecular weight is 389 g/mol. The third-order valence-electron chi connectivity index (χ3n) is 3.68. The third-order valence-corrected chi connectivity index (χ3v) is 6.34. The van der Waals surface area contributed by atoms with E-state index in [2.05, 4.69) is 0 Å². The van der Waals surface area contributed by atoms with Crippen molar-refractivity contribution in [2.75, 3.05) is 7.05 Å². The first kappa shape index (κ1) is 18.7.